The first kappa shape index (κ1) is 11.1. The summed E-state index contributed by atoms with van der Waals surface area (Å²) in [6.45, 7) is 2.11. The first-order valence-corrected chi connectivity index (χ1v) is 5.29. The fourth-order valence-corrected chi connectivity index (χ4v) is 1.72. The molecule has 1 aliphatic carbocycles. The van der Waals surface area contributed by atoms with Gasteiger partial charge in [-0.25, -0.2) is 0 Å². The largest absolute Gasteiger partial charge is 0.469 e. The molecule has 2 heteroatoms. The lowest BCUT2D eigenvalue weighted by molar-refractivity contribution is -0.157. The third-order valence-electron chi connectivity index (χ3n) is 2.86. The number of ether oxygens (including phenoxy) is 1. The number of carbonyl (C=O) groups is 1. The van der Waals surface area contributed by atoms with E-state index in [1.807, 2.05) is 0 Å². The van der Waals surface area contributed by atoms with Gasteiger partial charge < -0.3 is 4.74 Å². The summed E-state index contributed by atoms with van der Waals surface area (Å²) in [7, 11) is 1.46. The molecule has 1 saturated carbocycles. The van der Waals surface area contributed by atoms with Crippen LogP contribution in [0.3, 0.4) is 0 Å². The van der Waals surface area contributed by atoms with Gasteiger partial charge in [0.15, 0.2) is 0 Å². The number of carbonyl (C=O) groups excluding carboxylic acids is 1. The molecule has 0 amide bonds. The van der Waals surface area contributed by atoms with Gasteiger partial charge in [0.2, 0.25) is 0 Å². The Bertz CT molecular complexity index is 253. The molecule has 0 spiro atoms. The van der Waals surface area contributed by atoms with Gasteiger partial charge in [-0.05, 0) is 19.3 Å². The fourth-order valence-electron chi connectivity index (χ4n) is 1.72. The van der Waals surface area contributed by atoms with Crippen molar-refractivity contribution < 1.29 is 9.53 Å². The Hall–Kier alpha value is -0.970. The summed E-state index contributed by atoms with van der Waals surface area (Å²) in [4.78, 5) is 11.5. The van der Waals surface area contributed by atoms with E-state index < -0.39 is 0 Å². The number of unbranched alkanes of at least 4 members (excludes halogenated alkanes) is 1. The molecule has 0 aromatic rings. The molecule has 0 aromatic carbocycles. The minimum Gasteiger partial charge on any atom is -0.469 e. The quantitative estimate of drug-likeness (QED) is 0.509. The lowest BCUT2D eigenvalue weighted by Crippen LogP contribution is -2.38. The molecular formula is C12H18O2. The zero-order valence-electron chi connectivity index (χ0n) is 9.06. The van der Waals surface area contributed by atoms with Crippen LogP contribution >= 0.6 is 0 Å². The summed E-state index contributed by atoms with van der Waals surface area (Å²) >= 11 is 0. The second kappa shape index (κ2) is 5.05. The number of esters is 1. The highest BCUT2D eigenvalue weighted by atomic mass is 16.5. The van der Waals surface area contributed by atoms with Gasteiger partial charge in [0.05, 0.1) is 12.5 Å². The number of rotatable bonds is 3. The molecule has 0 radical (unpaired) electrons. The predicted molar refractivity (Wildman–Crippen MR) is 55.6 cm³/mol. The maximum absolute atomic E-state index is 11.5. The first-order chi connectivity index (χ1) is 6.75. The van der Waals surface area contributed by atoms with Crippen molar-refractivity contribution in [2.24, 2.45) is 5.41 Å². The SMILES string of the molecule is CCCC#CCC1(C(=O)OC)CCC1. The minimum absolute atomic E-state index is 0.0745. The van der Waals surface area contributed by atoms with Gasteiger partial charge in [0.25, 0.3) is 0 Å². The van der Waals surface area contributed by atoms with Gasteiger partial charge in [0.1, 0.15) is 0 Å². The Morgan fingerprint density at radius 3 is 2.57 bits per heavy atom. The van der Waals surface area contributed by atoms with Crippen molar-refractivity contribution in [2.75, 3.05) is 7.11 Å². The standard InChI is InChI=1S/C12H18O2/c1-3-4-5-6-8-12(9-7-10-12)11(13)14-2/h3-4,7-10H2,1-2H3. The van der Waals surface area contributed by atoms with Crippen molar-refractivity contribution in [3.8, 4) is 11.8 Å². The lowest BCUT2D eigenvalue weighted by Gasteiger charge is -2.37. The first-order valence-electron chi connectivity index (χ1n) is 5.29. The van der Waals surface area contributed by atoms with E-state index in [4.69, 9.17) is 4.74 Å². The van der Waals surface area contributed by atoms with Crippen molar-refractivity contribution in [2.45, 2.75) is 45.4 Å². The van der Waals surface area contributed by atoms with E-state index in [0.717, 1.165) is 32.1 Å². The molecular weight excluding hydrogens is 176 g/mol. The summed E-state index contributed by atoms with van der Waals surface area (Å²) in [6, 6.07) is 0. The molecule has 1 rings (SSSR count). The second-order valence-electron chi connectivity index (χ2n) is 3.91. The van der Waals surface area contributed by atoms with Crippen LogP contribution in [-0.2, 0) is 9.53 Å². The molecule has 0 N–H and O–H groups in total. The van der Waals surface area contributed by atoms with E-state index in [1.165, 1.54) is 7.11 Å². The van der Waals surface area contributed by atoms with Crippen LogP contribution in [0.5, 0.6) is 0 Å². The molecule has 0 unspecified atom stereocenters. The maximum Gasteiger partial charge on any atom is 0.312 e. The molecule has 0 aliphatic heterocycles. The molecule has 0 bridgehead atoms. The van der Waals surface area contributed by atoms with Gasteiger partial charge in [0, 0.05) is 12.8 Å². The monoisotopic (exact) mass is 194 g/mol. The molecule has 0 aromatic heterocycles. The van der Waals surface area contributed by atoms with Gasteiger partial charge >= 0.3 is 5.97 Å². The molecule has 0 heterocycles. The van der Waals surface area contributed by atoms with E-state index in [2.05, 4.69) is 18.8 Å². The van der Waals surface area contributed by atoms with E-state index in [-0.39, 0.29) is 11.4 Å². The van der Waals surface area contributed by atoms with E-state index in [1.54, 1.807) is 0 Å². The van der Waals surface area contributed by atoms with E-state index in [9.17, 15) is 4.79 Å². The zero-order chi connectivity index (χ0) is 10.4. The van der Waals surface area contributed by atoms with Gasteiger partial charge in [-0.1, -0.05) is 13.3 Å². The topological polar surface area (TPSA) is 26.3 Å². The summed E-state index contributed by atoms with van der Waals surface area (Å²) in [5.74, 6) is 6.10. The van der Waals surface area contributed by atoms with Crippen LogP contribution in [0, 0.1) is 17.3 Å². The number of hydrogen-bond acceptors (Lipinski definition) is 2. The van der Waals surface area contributed by atoms with Crippen molar-refractivity contribution in [1.29, 1.82) is 0 Å². The lowest BCUT2D eigenvalue weighted by atomic mass is 9.67. The van der Waals surface area contributed by atoms with Crippen LogP contribution in [0.4, 0.5) is 0 Å². The van der Waals surface area contributed by atoms with Crippen molar-refractivity contribution in [3.63, 3.8) is 0 Å². The zero-order valence-corrected chi connectivity index (χ0v) is 9.06. The smallest absolute Gasteiger partial charge is 0.312 e. The minimum atomic E-state index is -0.254. The maximum atomic E-state index is 11.5. The summed E-state index contributed by atoms with van der Waals surface area (Å²) in [6.07, 6.45) is 5.71. The average molecular weight is 194 g/mol. The molecule has 0 atom stereocenters. The van der Waals surface area contributed by atoms with Crippen LogP contribution in [-0.4, -0.2) is 13.1 Å². The van der Waals surface area contributed by atoms with Crippen LogP contribution in [0.25, 0.3) is 0 Å². The van der Waals surface area contributed by atoms with Crippen LogP contribution in [0.15, 0.2) is 0 Å². The normalized spacial score (nSPS) is 17.6. The molecule has 14 heavy (non-hydrogen) atoms. The van der Waals surface area contributed by atoms with Crippen molar-refractivity contribution in [1.82, 2.24) is 0 Å². The highest BCUT2D eigenvalue weighted by Gasteiger charge is 2.44. The average Bonchev–Trinajstić information content (AvgIpc) is 2.14. The molecule has 2 nitrogen and oxygen atoms in total. The van der Waals surface area contributed by atoms with E-state index in [0.29, 0.717) is 6.42 Å². The fraction of sp³-hybridized carbons (Fsp3) is 0.750. The third kappa shape index (κ3) is 2.29. The summed E-state index contributed by atoms with van der Waals surface area (Å²) < 4.78 is 4.81. The van der Waals surface area contributed by atoms with E-state index >= 15 is 0 Å². The van der Waals surface area contributed by atoms with Gasteiger partial charge in [-0.15, -0.1) is 11.8 Å². The predicted octanol–water partition coefficient (Wildman–Crippen LogP) is 2.52. The van der Waals surface area contributed by atoms with Crippen LogP contribution in [0.1, 0.15) is 45.4 Å². The second-order valence-corrected chi connectivity index (χ2v) is 3.91. The molecule has 1 fully saturated rings. The Balaban J connectivity index is 2.47. The molecule has 0 saturated heterocycles. The van der Waals surface area contributed by atoms with Crippen LogP contribution < -0.4 is 0 Å². The Labute approximate surface area is 86.0 Å². The highest BCUT2D eigenvalue weighted by Crippen LogP contribution is 2.44. The summed E-state index contributed by atoms with van der Waals surface area (Å²) in [5.41, 5.74) is -0.254. The summed E-state index contributed by atoms with van der Waals surface area (Å²) in [5, 5.41) is 0. The van der Waals surface area contributed by atoms with Gasteiger partial charge in [-0.2, -0.15) is 0 Å². The van der Waals surface area contributed by atoms with Crippen molar-refractivity contribution >= 4 is 5.97 Å². The van der Waals surface area contributed by atoms with Crippen LogP contribution in [0.2, 0.25) is 0 Å². The number of methoxy groups -OCH3 is 1. The Morgan fingerprint density at radius 2 is 2.14 bits per heavy atom. The third-order valence-corrected chi connectivity index (χ3v) is 2.86. The Morgan fingerprint density at radius 1 is 1.43 bits per heavy atom. The highest BCUT2D eigenvalue weighted by molar-refractivity contribution is 5.78. The Kier molecular flexibility index (Phi) is 4.00. The molecule has 78 valence electrons. The number of hydrogen-bond donors (Lipinski definition) is 0. The van der Waals surface area contributed by atoms with Gasteiger partial charge in [-0.3, -0.25) is 4.79 Å². The van der Waals surface area contributed by atoms with Crippen molar-refractivity contribution in [3.05, 3.63) is 0 Å². The molecule has 1 aliphatic rings.